The van der Waals surface area contributed by atoms with E-state index in [1.54, 1.807) is 0 Å². The Morgan fingerprint density at radius 1 is 1.28 bits per heavy atom. The molecule has 2 fully saturated rings. The number of hydrogen-bond acceptors (Lipinski definition) is 3. The van der Waals surface area contributed by atoms with Gasteiger partial charge in [0.15, 0.2) is 5.65 Å². The summed E-state index contributed by atoms with van der Waals surface area (Å²) in [5.74, 6) is 2.55. The first kappa shape index (κ1) is 10.8. The standard InChI is InChI=1S/C13H15BrN4/c14-10-3-4-12-16-13(17-18(12)7-10)15-11-6-8-1-2-9(11)5-8/h3-4,7-9,11H,1-2,5-6H2,(H,15,17). The Morgan fingerprint density at radius 2 is 2.22 bits per heavy atom. The summed E-state index contributed by atoms with van der Waals surface area (Å²) in [5.41, 5.74) is 0.892. The molecule has 0 amide bonds. The van der Waals surface area contributed by atoms with E-state index in [0.29, 0.717) is 6.04 Å². The van der Waals surface area contributed by atoms with Crippen molar-refractivity contribution < 1.29 is 0 Å². The van der Waals surface area contributed by atoms with Crippen molar-refractivity contribution in [3.05, 3.63) is 22.8 Å². The Balaban J connectivity index is 1.59. The predicted octanol–water partition coefficient (Wildman–Crippen LogP) is 3.09. The highest BCUT2D eigenvalue weighted by atomic mass is 79.9. The lowest BCUT2D eigenvalue weighted by molar-refractivity contribution is 0.438. The van der Waals surface area contributed by atoms with Gasteiger partial charge in [-0.1, -0.05) is 6.42 Å². The molecule has 0 radical (unpaired) electrons. The van der Waals surface area contributed by atoms with Crippen LogP contribution in [0.4, 0.5) is 5.95 Å². The van der Waals surface area contributed by atoms with Crippen LogP contribution < -0.4 is 5.32 Å². The van der Waals surface area contributed by atoms with Crippen LogP contribution in [0.2, 0.25) is 0 Å². The van der Waals surface area contributed by atoms with Gasteiger partial charge in [-0.05, 0) is 59.2 Å². The van der Waals surface area contributed by atoms with Crippen LogP contribution in [-0.4, -0.2) is 20.6 Å². The summed E-state index contributed by atoms with van der Waals surface area (Å²) in [6, 6.07) is 4.55. The van der Waals surface area contributed by atoms with Crippen LogP contribution in [0.5, 0.6) is 0 Å². The molecule has 2 aliphatic rings. The highest BCUT2D eigenvalue weighted by molar-refractivity contribution is 9.10. The van der Waals surface area contributed by atoms with Crippen molar-refractivity contribution in [1.82, 2.24) is 14.6 Å². The first-order valence-electron chi connectivity index (χ1n) is 6.56. The summed E-state index contributed by atoms with van der Waals surface area (Å²) < 4.78 is 2.84. The molecule has 0 aliphatic heterocycles. The summed E-state index contributed by atoms with van der Waals surface area (Å²) in [5, 5.41) is 8.01. The lowest BCUT2D eigenvalue weighted by Crippen LogP contribution is -2.26. The summed E-state index contributed by atoms with van der Waals surface area (Å²) in [7, 11) is 0. The number of anilines is 1. The number of pyridine rings is 1. The summed E-state index contributed by atoms with van der Waals surface area (Å²) >= 11 is 3.45. The molecule has 4 nitrogen and oxygen atoms in total. The lowest BCUT2D eigenvalue weighted by Gasteiger charge is -2.21. The van der Waals surface area contributed by atoms with Crippen molar-refractivity contribution in [2.24, 2.45) is 11.8 Å². The number of hydrogen-bond donors (Lipinski definition) is 1. The van der Waals surface area contributed by atoms with Crippen molar-refractivity contribution in [2.45, 2.75) is 31.7 Å². The van der Waals surface area contributed by atoms with E-state index in [9.17, 15) is 0 Å². The van der Waals surface area contributed by atoms with E-state index < -0.39 is 0 Å². The average molecular weight is 307 g/mol. The van der Waals surface area contributed by atoms with Gasteiger partial charge in [-0.3, -0.25) is 0 Å². The molecule has 2 aromatic heterocycles. The first-order chi connectivity index (χ1) is 8.78. The van der Waals surface area contributed by atoms with Gasteiger partial charge in [0.05, 0.1) is 0 Å². The topological polar surface area (TPSA) is 42.2 Å². The second kappa shape index (κ2) is 3.95. The smallest absolute Gasteiger partial charge is 0.243 e. The van der Waals surface area contributed by atoms with Gasteiger partial charge in [0.1, 0.15) is 0 Å². The minimum atomic E-state index is 0.588. The SMILES string of the molecule is Brc1ccc2nc(NC3CC4CCC3C4)nn2c1. The fourth-order valence-corrected chi connectivity index (χ4v) is 3.83. The molecule has 3 unspecified atom stereocenters. The largest absolute Gasteiger partial charge is 0.350 e. The zero-order valence-corrected chi connectivity index (χ0v) is 11.6. The molecule has 2 aromatic rings. The van der Waals surface area contributed by atoms with Crippen molar-refractivity contribution in [1.29, 1.82) is 0 Å². The molecule has 0 spiro atoms. The lowest BCUT2D eigenvalue weighted by atomic mass is 9.95. The van der Waals surface area contributed by atoms with Gasteiger partial charge in [-0.15, -0.1) is 5.10 Å². The van der Waals surface area contributed by atoms with Crippen LogP contribution >= 0.6 is 15.9 Å². The number of nitrogens with one attached hydrogen (secondary N) is 1. The summed E-state index contributed by atoms with van der Waals surface area (Å²) in [6.07, 6.45) is 7.43. The molecule has 3 atom stereocenters. The van der Waals surface area contributed by atoms with Gasteiger partial charge < -0.3 is 5.32 Å². The third kappa shape index (κ3) is 1.72. The molecule has 2 bridgehead atoms. The highest BCUT2D eigenvalue weighted by Gasteiger charge is 2.39. The van der Waals surface area contributed by atoms with Gasteiger partial charge >= 0.3 is 0 Å². The van der Waals surface area contributed by atoms with E-state index in [2.05, 4.69) is 31.3 Å². The van der Waals surface area contributed by atoms with E-state index in [1.807, 2.05) is 22.8 Å². The van der Waals surface area contributed by atoms with Crippen LogP contribution in [0.15, 0.2) is 22.8 Å². The Kier molecular flexibility index (Phi) is 2.37. The van der Waals surface area contributed by atoms with Crippen molar-refractivity contribution in [3.8, 4) is 0 Å². The summed E-state index contributed by atoms with van der Waals surface area (Å²) in [4.78, 5) is 4.52. The van der Waals surface area contributed by atoms with Crippen LogP contribution in [0.25, 0.3) is 5.65 Å². The molecule has 18 heavy (non-hydrogen) atoms. The molecule has 0 saturated heterocycles. The van der Waals surface area contributed by atoms with Gasteiger partial charge in [-0.25, -0.2) is 4.52 Å². The Hall–Kier alpha value is -1.10. The Labute approximate surface area is 114 Å². The van der Waals surface area contributed by atoms with Crippen molar-refractivity contribution in [3.63, 3.8) is 0 Å². The third-order valence-electron chi connectivity index (χ3n) is 4.35. The van der Waals surface area contributed by atoms with Crippen molar-refractivity contribution in [2.75, 3.05) is 5.32 Å². The monoisotopic (exact) mass is 306 g/mol. The van der Waals surface area contributed by atoms with E-state index in [1.165, 1.54) is 25.7 Å². The molecule has 4 rings (SSSR count). The van der Waals surface area contributed by atoms with Crippen LogP contribution in [0, 0.1) is 11.8 Å². The van der Waals surface area contributed by atoms with Crippen LogP contribution in [0.3, 0.4) is 0 Å². The number of nitrogens with zero attached hydrogens (tertiary/aromatic N) is 3. The number of aromatic nitrogens is 3. The normalized spacial score (nSPS) is 30.2. The maximum atomic E-state index is 4.52. The van der Waals surface area contributed by atoms with Gasteiger partial charge in [0, 0.05) is 16.7 Å². The maximum Gasteiger partial charge on any atom is 0.243 e. The number of fused-ring (bicyclic) bond motifs is 3. The second-order valence-electron chi connectivity index (χ2n) is 5.51. The highest BCUT2D eigenvalue weighted by Crippen LogP contribution is 2.45. The minimum absolute atomic E-state index is 0.588. The third-order valence-corrected chi connectivity index (χ3v) is 4.82. The molecule has 2 aliphatic carbocycles. The summed E-state index contributed by atoms with van der Waals surface area (Å²) in [6.45, 7) is 0. The second-order valence-corrected chi connectivity index (χ2v) is 6.43. The van der Waals surface area contributed by atoms with E-state index in [4.69, 9.17) is 0 Å². The molecule has 2 heterocycles. The molecular weight excluding hydrogens is 292 g/mol. The van der Waals surface area contributed by atoms with Gasteiger partial charge in [-0.2, -0.15) is 4.98 Å². The fourth-order valence-electron chi connectivity index (χ4n) is 3.51. The molecule has 94 valence electrons. The van der Waals surface area contributed by atoms with Crippen molar-refractivity contribution >= 4 is 27.5 Å². The maximum absolute atomic E-state index is 4.52. The molecular formula is C13H15BrN4. The number of rotatable bonds is 2. The van der Waals surface area contributed by atoms with Gasteiger partial charge in [0.2, 0.25) is 5.95 Å². The van der Waals surface area contributed by atoms with Gasteiger partial charge in [0.25, 0.3) is 0 Å². The van der Waals surface area contributed by atoms with Crippen LogP contribution in [0.1, 0.15) is 25.7 Å². The quantitative estimate of drug-likeness (QED) is 0.927. The average Bonchev–Trinajstić information content (AvgIpc) is 3.02. The number of halogens is 1. The van der Waals surface area contributed by atoms with E-state index in [-0.39, 0.29) is 0 Å². The van der Waals surface area contributed by atoms with Crippen LogP contribution in [-0.2, 0) is 0 Å². The minimum Gasteiger partial charge on any atom is -0.350 e. The molecule has 0 aromatic carbocycles. The fraction of sp³-hybridized carbons (Fsp3) is 0.538. The Morgan fingerprint density at radius 3 is 3.00 bits per heavy atom. The zero-order chi connectivity index (χ0) is 12.1. The molecule has 2 saturated carbocycles. The zero-order valence-electron chi connectivity index (χ0n) is 10.0. The molecule has 1 N–H and O–H groups in total. The van der Waals surface area contributed by atoms with E-state index >= 15 is 0 Å². The Bertz CT molecular complexity index is 594. The van der Waals surface area contributed by atoms with E-state index in [0.717, 1.165) is 27.9 Å². The molecule has 5 heteroatoms. The first-order valence-corrected chi connectivity index (χ1v) is 7.36. The predicted molar refractivity (Wildman–Crippen MR) is 73.5 cm³/mol.